The largest absolute Gasteiger partial charge is 0.322 e. The van der Waals surface area contributed by atoms with E-state index in [9.17, 15) is 14.9 Å². The fraction of sp³-hybridized carbons (Fsp3) is 0.407. The summed E-state index contributed by atoms with van der Waals surface area (Å²) in [6.45, 7) is 7.17. The Balaban J connectivity index is 1.77. The first kappa shape index (κ1) is 27.3. The Labute approximate surface area is 217 Å². The number of benzene rings is 2. The van der Waals surface area contributed by atoms with Crippen molar-refractivity contribution in [1.82, 2.24) is 10.2 Å². The maximum absolute atomic E-state index is 13.5. The lowest BCUT2D eigenvalue weighted by atomic mass is 9.71. The third kappa shape index (κ3) is 7.61. The highest BCUT2D eigenvalue weighted by Crippen LogP contribution is 2.39. The summed E-state index contributed by atoms with van der Waals surface area (Å²) in [6, 6.07) is 15.7. The van der Waals surface area contributed by atoms with Gasteiger partial charge in [-0.2, -0.15) is 5.26 Å². The molecule has 0 aliphatic heterocycles. The van der Waals surface area contributed by atoms with E-state index < -0.39 is 11.9 Å². The number of nitrogens with one attached hydrogen (secondary N) is 3. The summed E-state index contributed by atoms with van der Waals surface area (Å²) in [4.78, 5) is 27.6. The molecule has 3 rings (SSSR count). The number of guanidine groups is 1. The number of carbonyl (C=O) groups is 2. The summed E-state index contributed by atoms with van der Waals surface area (Å²) in [5, 5.41) is 28.2. The molecule has 0 unspecified atom stereocenters. The molecule has 10 nitrogen and oxygen atoms in total. The van der Waals surface area contributed by atoms with Gasteiger partial charge in [0.25, 0.3) is 5.91 Å². The Morgan fingerprint density at radius 2 is 1.81 bits per heavy atom. The van der Waals surface area contributed by atoms with Gasteiger partial charge in [-0.05, 0) is 72.9 Å². The topological polar surface area (TPSA) is 160 Å². The number of rotatable bonds is 5. The third-order valence-electron chi connectivity index (χ3n) is 6.82. The lowest BCUT2D eigenvalue weighted by molar-refractivity contribution is 0.0975. The maximum Gasteiger partial charge on any atom is 0.322 e. The van der Waals surface area contributed by atoms with Gasteiger partial charge in [0.15, 0.2) is 0 Å². The van der Waals surface area contributed by atoms with E-state index in [1.165, 1.54) is 0 Å². The molecule has 1 fully saturated rings. The average molecular weight is 503 g/mol. The number of nitrogens with two attached hydrogens (primary N) is 1. The van der Waals surface area contributed by atoms with Crippen LogP contribution in [-0.4, -0.2) is 28.8 Å². The Bertz CT molecular complexity index is 1190. The van der Waals surface area contributed by atoms with Crippen LogP contribution in [0.15, 0.2) is 58.9 Å². The predicted octanol–water partition coefficient (Wildman–Crippen LogP) is 5.19. The highest BCUT2D eigenvalue weighted by atomic mass is 16.2. The minimum atomic E-state index is -0.503. The van der Waals surface area contributed by atoms with Crippen LogP contribution in [0.3, 0.4) is 0 Å². The Morgan fingerprint density at radius 3 is 2.41 bits per heavy atom. The fourth-order valence-corrected chi connectivity index (χ4v) is 4.70. The van der Waals surface area contributed by atoms with Gasteiger partial charge in [-0.15, -0.1) is 0 Å². The Morgan fingerprint density at radius 1 is 1.14 bits per heavy atom. The highest BCUT2D eigenvalue weighted by molar-refractivity contribution is 6.04. The van der Waals surface area contributed by atoms with Crippen LogP contribution in [0, 0.1) is 28.1 Å². The number of hydrogen-bond acceptors (Lipinski definition) is 5. The summed E-state index contributed by atoms with van der Waals surface area (Å²) in [7, 11) is 0. The SMILES string of the molecule is CC(C)(C)C1CCC(N(Cc2ccc(C(=O)NC(=N)N=NN)cc2)C(=O)Nc2cccc(C#N)c2)CC1. The van der Waals surface area contributed by atoms with Crippen molar-refractivity contribution >= 4 is 23.6 Å². The van der Waals surface area contributed by atoms with Gasteiger partial charge < -0.3 is 16.1 Å². The van der Waals surface area contributed by atoms with E-state index >= 15 is 0 Å². The van der Waals surface area contributed by atoms with Crippen LogP contribution < -0.4 is 16.5 Å². The second kappa shape index (κ2) is 12.1. The van der Waals surface area contributed by atoms with E-state index in [0.29, 0.717) is 29.3 Å². The lowest BCUT2D eigenvalue weighted by Gasteiger charge is -2.41. The number of nitrogens with zero attached hydrogens (tertiary/aromatic N) is 4. The number of hydrogen-bond donors (Lipinski definition) is 4. The summed E-state index contributed by atoms with van der Waals surface area (Å²) in [5.41, 5.74) is 2.49. The van der Waals surface area contributed by atoms with Gasteiger partial charge in [0, 0.05) is 23.8 Å². The monoisotopic (exact) mass is 502 g/mol. The van der Waals surface area contributed by atoms with Gasteiger partial charge in [0.2, 0.25) is 5.96 Å². The van der Waals surface area contributed by atoms with Crippen molar-refractivity contribution in [3.05, 3.63) is 65.2 Å². The van der Waals surface area contributed by atoms with E-state index in [2.05, 4.69) is 47.8 Å². The number of nitriles is 1. The molecule has 1 aliphatic rings. The molecule has 0 aromatic heterocycles. The van der Waals surface area contributed by atoms with Crippen LogP contribution in [0.5, 0.6) is 0 Å². The molecule has 2 aromatic carbocycles. The van der Waals surface area contributed by atoms with Crippen LogP contribution >= 0.6 is 0 Å². The Hall–Kier alpha value is -4.26. The molecular formula is C27H34N8O2. The molecule has 0 radical (unpaired) electrons. The van der Waals surface area contributed by atoms with Crippen LogP contribution in [0.1, 0.15) is 67.9 Å². The molecule has 0 saturated heterocycles. The van der Waals surface area contributed by atoms with E-state index in [0.717, 1.165) is 31.2 Å². The molecule has 0 spiro atoms. The zero-order valence-electron chi connectivity index (χ0n) is 21.5. The van der Waals surface area contributed by atoms with Gasteiger partial charge in [-0.3, -0.25) is 15.5 Å². The van der Waals surface area contributed by atoms with Gasteiger partial charge in [-0.25, -0.2) is 4.79 Å². The molecule has 1 saturated carbocycles. The number of urea groups is 1. The quantitative estimate of drug-likeness (QED) is 0.146. The van der Waals surface area contributed by atoms with Crippen LogP contribution in [0.4, 0.5) is 10.5 Å². The minimum Gasteiger partial charge on any atom is -0.317 e. The molecule has 5 N–H and O–H groups in total. The van der Waals surface area contributed by atoms with Gasteiger partial charge in [-0.1, -0.05) is 49.3 Å². The zero-order valence-corrected chi connectivity index (χ0v) is 21.5. The highest BCUT2D eigenvalue weighted by Gasteiger charge is 2.33. The second-order valence-electron chi connectivity index (χ2n) is 10.3. The second-order valence-corrected chi connectivity index (χ2v) is 10.3. The Kier molecular flexibility index (Phi) is 8.95. The van der Waals surface area contributed by atoms with E-state index in [1.54, 1.807) is 48.5 Å². The third-order valence-corrected chi connectivity index (χ3v) is 6.82. The average Bonchev–Trinajstić information content (AvgIpc) is 2.87. The summed E-state index contributed by atoms with van der Waals surface area (Å²) >= 11 is 0. The molecule has 10 heteroatoms. The summed E-state index contributed by atoms with van der Waals surface area (Å²) in [5.74, 6) is 4.55. The minimum absolute atomic E-state index is 0.0721. The van der Waals surface area contributed by atoms with Crippen molar-refractivity contribution in [3.63, 3.8) is 0 Å². The molecule has 0 heterocycles. The predicted molar refractivity (Wildman–Crippen MR) is 142 cm³/mol. The molecule has 3 amide bonds. The van der Waals surface area contributed by atoms with Gasteiger partial charge in [0.05, 0.1) is 11.6 Å². The van der Waals surface area contributed by atoms with Crippen molar-refractivity contribution in [2.24, 2.45) is 27.5 Å². The van der Waals surface area contributed by atoms with Crippen molar-refractivity contribution in [3.8, 4) is 6.07 Å². The number of carbonyl (C=O) groups excluding carboxylic acids is 2. The van der Waals surface area contributed by atoms with Crippen molar-refractivity contribution in [2.45, 2.75) is 59.0 Å². The van der Waals surface area contributed by atoms with E-state index in [-0.39, 0.29) is 17.5 Å². The fourth-order valence-electron chi connectivity index (χ4n) is 4.70. The van der Waals surface area contributed by atoms with E-state index in [1.807, 2.05) is 4.90 Å². The lowest BCUT2D eigenvalue weighted by Crippen LogP contribution is -2.45. The van der Waals surface area contributed by atoms with Crippen molar-refractivity contribution in [1.29, 1.82) is 10.7 Å². The summed E-state index contributed by atoms with van der Waals surface area (Å²) in [6.07, 6.45) is 3.91. The van der Waals surface area contributed by atoms with E-state index in [4.69, 9.17) is 11.3 Å². The molecule has 194 valence electrons. The smallest absolute Gasteiger partial charge is 0.317 e. The first-order valence-electron chi connectivity index (χ1n) is 12.3. The first-order chi connectivity index (χ1) is 17.6. The number of anilines is 1. The van der Waals surface area contributed by atoms with Crippen molar-refractivity contribution < 1.29 is 9.59 Å². The molecule has 0 bridgehead atoms. The van der Waals surface area contributed by atoms with Gasteiger partial charge in [0.1, 0.15) is 0 Å². The molecular weight excluding hydrogens is 468 g/mol. The van der Waals surface area contributed by atoms with Crippen LogP contribution in [-0.2, 0) is 6.54 Å². The molecule has 0 atom stereocenters. The first-order valence-corrected chi connectivity index (χ1v) is 12.3. The van der Waals surface area contributed by atoms with Crippen molar-refractivity contribution in [2.75, 3.05) is 5.32 Å². The molecule has 37 heavy (non-hydrogen) atoms. The maximum atomic E-state index is 13.5. The normalized spacial score (nSPS) is 17.6. The van der Waals surface area contributed by atoms with Gasteiger partial charge >= 0.3 is 6.03 Å². The standard InChI is InChI=1S/C27H34N8O2/c1-27(2,3)21-11-13-23(14-12-21)35(26(37)31-22-6-4-5-19(15-22)16-28)17-18-7-9-20(10-8-18)24(36)32-25(29)33-34-30/h4-10,15,21,23H,11-14,17H2,1-3H3,(H,31,37)(H4,29,30,32,33,36). The summed E-state index contributed by atoms with van der Waals surface area (Å²) < 4.78 is 0. The number of amides is 3. The molecule has 2 aromatic rings. The molecule has 1 aliphatic carbocycles. The van der Waals surface area contributed by atoms with Crippen LogP contribution in [0.25, 0.3) is 0 Å². The van der Waals surface area contributed by atoms with Crippen LogP contribution in [0.2, 0.25) is 0 Å². The zero-order chi connectivity index (χ0) is 27.0.